The molecule has 1 fully saturated rings. The summed E-state index contributed by atoms with van der Waals surface area (Å²) in [6.07, 6.45) is 0. The molecular formula is C20H18FN3O2. The predicted octanol–water partition coefficient (Wildman–Crippen LogP) is 2.88. The van der Waals surface area contributed by atoms with Gasteiger partial charge in [-0.1, -0.05) is 12.1 Å². The van der Waals surface area contributed by atoms with Gasteiger partial charge in [-0.3, -0.25) is 9.59 Å². The van der Waals surface area contributed by atoms with E-state index in [1.165, 1.54) is 23.1 Å². The van der Waals surface area contributed by atoms with Gasteiger partial charge in [-0.25, -0.2) is 4.39 Å². The summed E-state index contributed by atoms with van der Waals surface area (Å²) in [7, 11) is 0. The normalized spacial score (nSPS) is 17.2. The first-order valence-corrected chi connectivity index (χ1v) is 8.29. The Morgan fingerprint density at radius 3 is 2.69 bits per heavy atom. The molecule has 0 spiro atoms. The van der Waals surface area contributed by atoms with Crippen LogP contribution in [0.1, 0.15) is 28.4 Å². The molecular weight excluding hydrogens is 333 g/mol. The molecule has 2 aromatic carbocycles. The molecule has 2 amide bonds. The molecule has 0 bridgehead atoms. The zero-order valence-corrected chi connectivity index (χ0v) is 14.6. The first kappa shape index (κ1) is 17.6. The van der Waals surface area contributed by atoms with Gasteiger partial charge in [-0.05, 0) is 49.7 Å². The molecule has 1 unspecified atom stereocenters. The molecule has 0 saturated carbocycles. The summed E-state index contributed by atoms with van der Waals surface area (Å²) in [6, 6.07) is 12.9. The van der Waals surface area contributed by atoms with Gasteiger partial charge in [-0.15, -0.1) is 0 Å². The van der Waals surface area contributed by atoms with Crippen LogP contribution in [0.15, 0.2) is 42.5 Å². The van der Waals surface area contributed by atoms with Gasteiger partial charge in [0.2, 0.25) is 5.91 Å². The average Bonchev–Trinajstić information content (AvgIpc) is 2.65. The number of carbonyl (C=O) groups excluding carboxylic acids is 2. The summed E-state index contributed by atoms with van der Waals surface area (Å²) >= 11 is 0. The molecule has 0 aliphatic carbocycles. The van der Waals surface area contributed by atoms with Crippen LogP contribution < -0.4 is 4.90 Å². The number of para-hydroxylation sites is 1. The molecule has 132 valence electrons. The number of rotatable bonds is 2. The van der Waals surface area contributed by atoms with Crippen molar-refractivity contribution in [3.8, 4) is 6.07 Å². The van der Waals surface area contributed by atoms with Crippen molar-refractivity contribution in [1.82, 2.24) is 4.90 Å². The molecule has 5 nitrogen and oxygen atoms in total. The van der Waals surface area contributed by atoms with Crippen LogP contribution in [0.4, 0.5) is 10.1 Å². The summed E-state index contributed by atoms with van der Waals surface area (Å²) in [6.45, 7) is 3.65. The number of aryl methyl sites for hydroxylation is 1. The van der Waals surface area contributed by atoms with Crippen molar-refractivity contribution in [3.63, 3.8) is 0 Å². The third-order valence-corrected chi connectivity index (χ3v) is 4.57. The minimum atomic E-state index is -0.372. The summed E-state index contributed by atoms with van der Waals surface area (Å²) in [5, 5.41) is 9.26. The number of nitriles is 1. The van der Waals surface area contributed by atoms with E-state index in [9.17, 15) is 19.2 Å². The van der Waals surface area contributed by atoms with Crippen LogP contribution >= 0.6 is 0 Å². The highest BCUT2D eigenvalue weighted by molar-refractivity contribution is 6.02. The smallest absolute Gasteiger partial charge is 0.254 e. The zero-order valence-electron chi connectivity index (χ0n) is 14.6. The quantitative estimate of drug-likeness (QED) is 0.836. The second kappa shape index (κ2) is 6.96. The second-order valence-corrected chi connectivity index (χ2v) is 6.38. The second-order valence-electron chi connectivity index (χ2n) is 6.38. The standard InChI is InChI=1S/C20H18FN3O2/c1-13-9-15(7-8-17(13)21)20(26)23-12-19(25)24(11-14(23)2)18-6-4-3-5-16(18)10-22/h3-9,14H,11-12H2,1-2H3. The molecule has 0 N–H and O–H groups in total. The molecule has 26 heavy (non-hydrogen) atoms. The fraction of sp³-hybridized carbons (Fsp3) is 0.250. The van der Waals surface area contributed by atoms with Gasteiger partial charge in [0.25, 0.3) is 5.91 Å². The molecule has 1 atom stereocenters. The Morgan fingerprint density at radius 1 is 1.27 bits per heavy atom. The van der Waals surface area contributed by atoms with E-state index in [1.807, 2.05) is 6.92 Å². The fourth-order valence-electron chi connectivity index (χ4n) is 3.10. The van der Waals surface area contributed by atoms with E-state index in [-0.39, 0.29) is 30.2 Å². The topological polar surface area (TPSA) is 64.4 Å². The van der Waals surface area contributed by atoms with Gasteiger partial charge in [0.15, 0.2) is 0 Å². The number of carbonyl (C=O) groups is 2. The summed E-state index contributed by atoms with van der Waals surface area (Å²) < 4.78 is 13.4. The molecule has 3 rings (SSSR count). The van der Waals surface area contributed by atoms with Crippen molar-refractivity contribution in [1.29, 1.82) is 5.26 Å². The average molecular weight is 351 g/mol. The number of benzene rings is 2. The number of amides is 2. The van der Waals surface area contributed by atoms with Crippen molar-refractivity contribution >= 4 is 17.5 Å². The van der Waals surface area contributed by atoms with Gasteiger partial charge in [0, 0.05) is 18.2 Å². The van der Waals surface area contributed by atoms with E-state index < -0.39 is 0 Å². The lowest BCUT2D eigenvalue weighted by atomic mass is 10.1. The molecule has 1 heterocycles. The van der Waals surface area contributed by atoms with E-state index in [1.54, 1.807) is 36.1 Å². The van der Waals surface area contributed by atoms with Crippen LogP contribution in [0.5, 0.6) is 0 Å². The lowest BCUT2D eigenvalue weighted by Gasteiger charge is -2.39. The Morgan fingerprint density at radius 2 is 2.00 bits per heavy atom. The van der Waals surface area contributed by atoms with Crippen molar-refractivity contribution in [2.24, 2.45) is 0 Å². The van der Waals surface area contributed by atoms with Crippen molar-refractivity contribution in [3.05, 3.63) is 65.0 Å². The fourth-order valence-corrected chi connectivity index (χ4v) is 3.10. The van der Waals surface area contributed by atoms with Crippen molar-refractivity contribution < 1.29 is 14.0 Å². The van der Waals surface area contributed by atoms with Crippen molar-refractivity contribution in [2.75, 3.05) is 18.0 Å². The predicted molar refractivity (Wildman–Crippen MR) is 95.1 cm³/mol. The van der Waals surface area contributed by atoms with Gasteiger partial charge in [0.05, 0.1) is 11.3 Å². The molecule has 1 saturated heterocycles. The van der Waals surface area contributed by atoms with E-state index in [2.05, 4.69) is 6.07 Å². The van der Waals surface area contributed by atoms with E-state index >= 15 is 0 Å². The number of hydrogen-bond acceptors (Lipinski definition) is 3. The lowest BCUT2D eigenvalue weighted by molar-refractivity contribution is -0.121. The minimum absolute atomic E-state index is 0.0871. The summed E-state index contributed by atoms with van der Waals surface area (Å²) in [4.78, 5) is 28.4. The Bertz CT molecular complexity index is 920. The Kier molecular flexibility index (Phi) is 4.72. The van der Waals surface area contributed by atoms with Crippen LogP contribution in [0.2, 0.25) is 0 Å². The number of nitrogens with zero attached hydrogens (tertiary/aromatic N) is 3. The number of anilines is 1. The monoisotopic (exact) mass is 351 g/mol. The highest BCUT2D eigenvalue weighted by atomic mass is 19.1. The first-order valence-electron chi connectivity index (χ1n) is 8.29. The van der Waals surface area contributed by atoms with Gasteiger partial charge < -0.3 is 9.80 Å². The van der Waals surface area contributed by atoms with Crippen molar-refractivity contribution in [2.45, 2.75) is 19.9 Å². The maximum Gasteiger partial charge on any atom is 0.254 e. The van der Waals surface area contributed by atoms with E-state index in [0.717, 1.165) is 0 Å². The Labute approximate surface area is 151 Å². The molecule has 2 aromatic rings. The SMILES string of the molecule is Cc1cc(C(=O)N2CC(=O)N(c3ccccc3C#N)CC2C)ccc1F. The number of piperazine rings is 1. The minimum Gasteiger partial charge on any atom is -0.325 e. The maximum absolute atomic E-state index is 13.4. The molecule has 1 aliphatic rings. The van der Waals surface area contributed by atoms with E-state index in [0.29, 0.717) is 28.9 Å². The summed E-state index contributed by atoms with van der Waals surface area (Å²) in [5.74, 6) is -0.927. The highest BCUT2D eigenvalue weighted by Crippen LogP contribution is 2.25. The van der Waals surface area contributed by atoms with Crippen LogP contribution in [-0.2, 0) is 4.79 Å². The van der Waals surface area contributed by atoms with Crippen LogP contribution in [0.25, 0.3) is 0 Å². The number of hydrogen-bond donors (Lipinski definition) is 0. The highest BCUT2D eigenvalue weighted by Gasteiger charge is 2.34. The Hall–Kier alpha value is -3.20. The molecule has 6 heteroatoms. The number of halogens is 1. The van der Waals surface area contributed by atoms with Crippen LogP contribution in [-0.4, -0.2) is 35.8 Å². The Balaban J connectivity index is 1.84. The third-order valence-electron chi connectivity index (χ3n) is 4.57. The third kappa shape index (κ3) is 3.16. The van der Waals surface area contributed by atoms with Crippen LogP contribution in [0.3, 0.4) is 0 Å². The van der Waals surface area contributed by atoms with Gasteiger partial charge in [0.1, 0.15) is 18.4 Å². The van der Waals surface area contributed by atoms with Gasteiger partial charge in [-0.2, -0.15) is 5.26 Å². The van der Waals surface area contributed by atoms with Gasteiger partial charge >= 0.3 is 0 Å². The molecule has 0 aromatic heterocycles. The molecule has 1 aliphatic heterocycles. The summed E-state index contributed by atoms with van der Waals surface area (Å²) in [5.41, 5.74) is 1.71. The first-order chi connectivity index (χ1) is 12.4. The zero-order chi connectivity index (χ0) is 18.8. The maximum atomic E-state index is 13.4. The molecule has 0 radical (unpaired) electrons. The lowest BCUT2D eigenvalue weighted by Crippen LogP contribution is -2.57. The van der Waals surface area contributed by atoms with E-state index in [4.69, 9.17) is 0 Å². The largest absolute Gasteiger partial charge is 0.325 e. The van der Waals surface area contributed by atoms with Crippen LogP contribution in [0, 0.1) is 24.1 Å².